The zero-order valence-corrected chi connectivity index (χ0v) is 19.3. The number of thioether (sulfide) groups is 1. The molecule has 0 aliphatic heterocycles. The lowest BCUT2D eigenvalue weighted by Gasteiger charge is -2.30. The summed E-state index contributed by atoms with van der Waals surface area (Å²) in [5.41, 5.74) is 0.928. The summed E-state index contributed by atoms with van der Waals surface area (Å²) in [6.07, 6.45) is 0. The largest absolute Gasteiger partial charge is 0.337 e. The third-order valence-corrected chi connectivity index (χ3v) is 5.78. The van der Waals surface area contributed by atoms with E-state index in [-0.39, 0.29) is 24.0 Å². The molecule has 0 fully saturated rings. The molecule has 28 heavy (non-hydrogen) atoms. The van der Waals surface area contributed by atoms with Gasteiger partial charge in [-0.2, -0.15) is 0 Å². The molecule has 1 amide bonds. The second-order valence-corrected chi connectivity index (χ2v) is 8.95. The van der Waals surface area contributed by atoms with Crippen LogP contribution in [0, 0.1) is 0 Å². The van der Waals surface area contributed by atoms with Gasteiger partial charge in [0.15, 0.2) is 11.0 Å². The lowest BCUT2D eigenvalue weighted by Crippen LogP contribution is -2.43. The third-order valence-electron chi connectivity index (χ3n) is 4.62. The summed E-state index contributed by atoms with van der Waals surface area (Å²) in [6, 6.07) is 7.96. The molecule has 2 aromatic rings. The van der Waals surface area contributed by atoms with Gasteiger partial charge in [-0.25, -0.2) is 0 Å². The summed E-state index contributed by atoms with van der Waals surface area (Å²) >= 11 is 7.47. The monoisotopic (exact) mass is 423 g/mol. The topological polar surface area (TPSA) is 54.3 Å². The molecule has 0 aliphatic carbocycles. The van der Waals surface area contributed by atoms with E-state index in [4.69, 9.17) is 11.6 Å². The van der Waals surface area contributed by atoms with Crippen LogP contribution in [0.2, 0.25) is 5.02 Å². The van der Waals surface area contributed by atoms with Crippen LogP contribution in [-0.2, 0) is 4.79 Å². The van der Waals surface area contributed by atoms with Crippen LogP contribution in [0.15, 0.2) is 29.4 Å². The van der Waals surface area contributed by atoms with Gasteiger partial charge in [0.1, 0.15) is 0 Å². The minimum Gasteiger partial charge on any atom is -0.337 e. The van der Waals surface area contributed by atoms with Gasteiger partial charge in [0.2, 0.25) is 5.91 Å². The van der Waals surface area contributed by atoms with Gasteiger partial charge in [0.25, 0.3) is 0 Å². The lowest BCUT2D eigenvalue weighted by molar-refractivity contribution is -0.131. The van der Waals surface area contributed by atoms with Crippen molar-refractivity contribution >= 4 is 29.3 Å². The number of nitrogens with zero attached hydrogens (tertiary/aromatic N) is 5. The molecule has 154 valence electrons. The summed E-state index contributed by atoms with van der Waals surface area (Å²) in [5, 5.41) is 10.2. The molecule has 2 rings (SSSR count). The zero-order valence-electron chi connectivity index (χ0n) is 17.7. The maximum atomic E-state index is 12.8. The molecule has 6 nitrogen and oxygen atoms in total. The van der Waals surface area contributed by atoms with Gasteiger partial charge >= 0.3 is 0 Å². The zero-order chi connectivity index (χ0) is 21.0. The first-order valence-corrected chi connectivity index (χ1v) is 10.8. The Hall–Kier alpha value is -1.57. The summed E-state index contributed by atoms with van der Waals surface area (Å²) in [4.78, 5) is 16.7. The minimum atomic E-state index is 0.0658. The van der Waals surface area contributed by atoms with Crippen molar-refractivity contribution in [1.29, 1.82) is 0 Å². The standard InChI is InChI=1S/C20H30ClN5OS/c1-13(2)25(14(3)4)18(27)12-28-20-23-22-19(15(5)24(6)7)26(20)17-10-8-16(21)9-11-17/h8-11,13-15H,12H2,1-7H3. The molecule has 1 unspecified atom stereocenters. The van der Waals surface area contributed by atoms with E-state index in [0.29, 0.717) is 15.9 Å². The maximum absolute atomic E-state index is 12.8. The van der Waals surface area contributed by atoms with Crippen LogP contribution < -0.4 is 0 Å². The van der Waals surface area contributed by atoms with Crippen LogP contribution in [0.3, 0.4) is 0 Å². The molecule has 0 radical (unpaired) electrons. The van der Waals surface area contributed by atoms with Crippen molar-refractivity contribution in [3.05, 3.63) is 35.1 Å². The van der Waals surface area contributed by atoms with E-state index in [0.717, 1.165) is 11.5 Å². The predicted octanol–water partition coefficient (Wildman–Crippen LogP) is 4.28. The second-order valence-electron chi connectivity index (χ2n) is 7.57. The van der Waals surface area contributed by atoms with E-state index in [1.165, 1.54) is 11.8 Å². The number of halogens is 1. The average molecular weight is 424 g/mol. The van der Waals surface area contributed by atoms with Crippen molar-refractivity contribution < 1.29 is 4.79 Å². The fraction of sp³-hybridized carbons (Fsp3) is 0.550. The van der Waals surface area contributed by atoms with E-state index in [1.54, 1.807) is 0 Å². The highest BCUT2D eigenvalue weighted by Crippen LogP contribution is 2.28. The van der Waals surface area contributed by atoms with Gasteiger partial charge in [-0.1, -0.05) is 23.4 Å². The van der Waals surface area contributed by atoms with Crippen LogP contribution in [0.4, 0.5) is 0 Å². The Kier molecular flexibility index (Phi) is 7.92. The maximum Gasteiger partial charge on any atom is 0.233 e. The highest BCUT2D eigenvalue weighted by atomic mass is 35.5. The van der Waals surface area contributed by atoms with Crippen LogP contribution in [0.5, 0.6) is 0 Å². The van der Waals surface area contributed by atoms with E-state index in [1.807, 2.05) is 75.5 Å². The van der Waals surface area contributed by atoms with Crippen LogP contribution >= 0.6 is 23.4 Å². The van der Waals surface area contributed by atoms with Gasteiger partial charge in [-0.05, 0) is 73.0 Å². The first kappa shape index (κ1) is 22.7. The number of rotatable bonds is 8. The quantitative estimate of drug-likeness (QED) is 0.593. The molecule has 0 aliphatic rings. The normalized spacial score (nSPS) is 12.8. The molecule has 1 heterocycles. The SMILES string of the molecule is CC(c1nnc(SCC(=O)N(C(C)C)C(C)C)n1-c1ccc(Cl)cc1)N(C)C. The van der Waals surface area contributed by atoms with Gasteiger partial charge < -0.3 is 4.90 Å². The molecule has 1 atom stereocenters. The summed E-state index contributed by atoms with van der Waals surface area (Å²) in [7, 11) is 4.01. The van der Waals surface area contributed by atoms with Crippen LogP contribution in [0.25, 0.3) is 5.69 Å². The second kappa shape index (κ2) is 9.76. The Morgan fingerprint density at radius 1 is 1.07 bits per heavy atom. The number of carbonyl (C=O) groups is 1. The molecule has 0 spiro atoms. The Morgan fingerprint density at radius 2 is 1.64 bits per heavy atom. The van der Waals surface area contributed by atoms with Crippen molar-refractivity contribution in [2.45, 2.75) is 57.9 Å². The highest BCUT2D eigenvalue weighted by molar-refractivity contribution is 7.99. The van der Waals surface area contributed by atoms with Crippen molar-refractivity contribution in [2.75, 3.05) is 19.8 Å². The van der Waals surface area contributed by atoms with E-state index < -0.39 is 0 Å². The molecule has 1 aromatic heterocycles. The predicted molar refractivity (Wildman–Crippen MR) is 116 cm³/mol. The number of hydrogen-bond donors (Lipinski definition) is 0. The molecular formula is C20H30ClN5OS. The Bertz CT molecular complexity index is 780. The van der Waals surface area contributed by atoms with Gasteiger partial charge in [0, 0.05) is 22.8 Å². The molecule has 8 heteroatoms. The number of amides is 1. The minimum absolute atomic E-state index is 0.0658. The van der Waals surface area contributed by atoms with Crippen LogP contribution in [-0.4, -0.2) is 62.4 Å². The van der Waals surface area contributed by atoms with Gasteiger partial charge in [-0.3, -0.25) is 14.3 Å². The highest BCUT2D eigenvalue weighted by Gasteiger charge is 2.24. The number of carbonyl (C=O) groups excluding carboxylic acids is 1. The van der Waals surface area contributed by atoms with E-state index in [9.17, 15) is 4.79 Å². The van der Waals surface area contributed by atoms with E-state index >= 15 is 0 Å². The Balaban J connectivity index is 2.34. The number of hydrogen-bond acceptors (Lipinski definition) is 5. The van der Waals surface area contributed by atoms with E-state index in [2.05, 4.69) is 22.0 Å². The molecule has 0 saturated carbocycles. The molecular weight excluding hydrogens is 394 g/mol. The molecule has 1 aromatic carbocycles. The number of benzene rings is 1. The summed E-state index contributed by atoms with van der Waals surface area (Å²) in [6.45, 7) is 10.2. The fourth-order valence-corrected chi connectivity index (χ4v) is 4.04. The lowest BCUT2D eigenvalue weighted by atomic mass is 10.2. The Morgan fingerprint density at radius 3 is 2.14 bits per heavy atom. The van der Waals surface area contributed by atoms with Gasteiger partial charge in [0.05, 0.1) is 11.8 Å². The fourth-order valence-electron chi connectivity index (χ4n) is 3.08. The van der Waals surface area contributed by atoms with Crippen molar-refractivity contribution in [1.82, 2.24) is 24.6 Å². The van der Waals surface area contributed by atoms with Crippen LogP contribution in [0.1, 0.15) is 46.5 Å². The molecule has 0 saturated heterocycles. The molecule has 0 bridgehead atoms. The first-order valence-electron chi connectivity index (χ1n) is 9.45. The average Bonchev–Trinajstić information content (AvgIpc) is 3.03. The Labute approximate surface area is 177 Å². The van der Waals surface area contributed by atoms with Crippen molar-refractivity contribution in [3.8, 4) is 5.69 Å². The smallest absolute Gasteiger partial charge is 0.233 e. The van der Waals surface area contributed by atoms with Crippen molar-refractivity contribution in [3.63, 3.8) is 0 Å². The summed E-state index contributed by atoms with van der Waals surface area (Å²) in [5.74, 6) is 1.24. The van der Waals surface area contributed by atoms with Gasteiger partial charge in [-0.15, -0.1) is 10.2 Å². The first-order chi connectivity index (χ1) is 13.1. The third kappa shape index (κ3) is 5.27. The number of aromatic nitrogens is 3. The summed E-state index contributed by atoms with van der Waals surface area (Å²) < 4.78 is 2.01. The molecule has 0 N–H and O–H groups in total. The van der Waals surface area contributed by atoms with Crippen molar-refractivity contribution in [2.24, 2.45) is 0 Å².